The second kappa shape index (κ2) is 10.2. The maximum absolute atomic E-state index is 11.9. The third-order valence-corrected chi connectivity index (χ3v) is 4.71. The number of ether oxygens (including phenoxy) is 2. The molecule has 0 saturated heterocycles. The van der Waals surface area contributed by atoms with Crippen molar-refractivity contribution in [2.24, 2.45) is 0 Å². The number of aromatic nitrogens is 2. The van der Waals surface area contributed by atoms with Gasteiger partial charge in [0, 0.05) is 29.3 Å². The number of methoxy groups -OCH3 is 2. The van der Waals surface area contributed by atoms with Crippen LogP contribution in [0.2, 0.25) is 0 Å². The highest BCUT2D eigenvalue weighted by molar-refractivity contribution is 6.05. The molecule has 0 aliphatic heterocycles. The SMILES string of the molecule is COc1cc(Cc2cnc(N)nc2N)cc(C#Cc2ccc(C(=O)CC(=O)O)cc2)c1OC. The van der Waals surface area contributed by atoms with Crippen molar-refractivity contribution in [3.05, 3.63) is 70.4 Å². The van der Waals surface area contributed by atoms with Crippen LogP contribution >= 0.6 is 0 Å². The molecule has 9 heteroatoms. The molecule has 168 valence electrons. The first kappa shape index (κ1) is 23.1. The molecule has 0 atom stereocenters. The number of nitrogen functional groups attached to an aromatic ring is 2. The highest BCUT2D eigenvalue weighted by Crippen LogP contribution is 2.33. The van der Waals surface area contributed by atoms with E-state index in [4.69, 9.17) is 26.0 Å². The van der Waals surface area contributed by atoms with Gasteiger partial charge in [0.05, 0.1) is 19.8 Å². The highest BCUT2D eigenvalue weighted by Gasteiger charge is 2.14. The molecule has 0 unspecified atom stereocenters. The van der Waals surface area contributed by atoms with Crippen molar-refractivity contribution in [2.75, 3.05) is 25.7 Å². The van der Waals surface area contributed by atoms with E-state index in [-0.39, 0.29) is 5.95 Å². The molecule has 0 aliphatic rings. The maximum atomic E-state index is 11.9. The number of benzene rings is 2. The zero-order valence-electron chi connectivity index (χ0n) is 18.1. The number of hydrogen-bond donors (Lipinski definition) is 3. The average Bonchev–Trinajstić information content (AvgIpc) is 2.79. The van der Waals surface area contributed by atoms with Crippen LogP contribution in [0.25, 0.3) is 0 Å². The minimum atomic E-state index is -1.17. The van der Waals surface area contributed by atoms with Crippen molar-refractivity contribution in [1.29, 1.82) is 0 Å². The fourth-order valence-corrected chi connectivity index (χ4v) is 3.13. The van der Waals surface area contributed by atoms with Gasteiger partial charge in [-0.15, -0.1) is 0 Å². The molecule has 0 saturated carbocycles. The van der Waals surface area contributed by atoms with E-state index >= 15 is 0 Å². The zero-order valence-corrected chi connectivity index (χ0v) is 18.1. The Morgan fingerprint density at radius 2 is 1.79 bits per heavy atom. The van der Waals surface area contributed by atoms with Crippen LogP contribution < -0.4 is 20.9 Å². The van der Waals surface area contributed by atoms with Gasteiger partial charge in [0.1, 0.15) is 12.2 Å². The number of Topliss-reactive ketones (excluding diaryl/α,β-unsaturated/α-hetero) is 1. The number of anilines is 2. The number of carboxylic acids is 1. The van der Waals surface area contributed by atoms with E-state index in [0.29, 0.717) is 46.0 Å². The Hall–Kier alpha value is -4.58. The van der Waals surface area contributed by atoms with Crippen molar-refractivity contribution >= 4 is 23.5 Å². The van der Waals surface area contributed by atoms with Crippen molar-refractivity contribution < 1.29 is 24.2 Å². The van der Waals surface area contributed by atoms with Crippen molar-refractivity contribution in [3.8, 4) is 23.3 Å². The quantitative estimate of drug-likeness (QED) is 0.282. The maximum Gasteiger partial charge on any atom is 0.311 e. The molecule has 5 N–H and O–H groups in total. The summed E-state index contributed by atoms with van der Waals surface area (Å²) in [6, 6.07) is 10.1. The van der Waals surface area contributed by atoms with Crippen molar-refractivity contribution in [3.63, 3.8) is 0 Å². The second-order valence-corrected chi connectivity index (χ2v) is 7.02. The smallest absolute Gasteiger partial charge is 0.311 e. The molecule has 0 amide bonds. The lowest BCUT2D eigenvalue weighted by molar-refractivity contribution is -0.135. The van der Waals surface area contributed by atoms with Gasteiger partial charge < -0.3 is 26.0 Å². The van der Waals surface area contributed by atoms with Crippen LogP contribution in [0, 0.1) is 11.8 Å². The summed E-state index contributed by atoms with van der Waals surface area (Å²) in [5.41, 5.74) is 14.6. The Kier molecular flexibility index (Phi) is 7.10. The minimum absolute atomic E-state index is 0.103. The lowest BCUT2D eigenvalue weighted by atomic mass is 10.0. The lowest BCUT2D eigenvalue weighted by Crippen LogP contribution is -2.06. The number of ketones is 1. The number of carboxylic acid groups (broad SMARTS) is 1. The molecule has 0 bridgehead atoms. The minimum Gasteiger partial charge on any atom is -0.493 e. The molecule has 0 spiro atoms. The topological polar surface area (TPSA) is 151 Å². The van der Waals surface area contributed by atoms with E-state index in [1.807, 2.05) is 12.1 Å². The molecule has 0 fully saturated rings. The molecule has 3 aromatic rings. The predicted octanol–water partition coefficient (Wildman–Crippen LogP) is 2.31. The van der Waals surface area contributed by atoms with Crippen LogP contribution in [0.1, 0.15) is 39.0 Å². The van der Waals surface area contributed by atoms with Gasteiger partial charge in [-0.2, -0.15) is 4.98 Å². The molecule has 0 radical (unpaired) electrons. The van der Waals surface area contributed by atoms with Gasteiger partial charge in [0.2, 0.25) is 5.95 Å². The predicted molar refractivity (Wildman–Crippen MR) is 122 cm³/mol. The van der Waals surface area contributed by atoms with Crippen LogP contribution in [0.5, 0.6) is 11.5 Å². The summed E-state index contributed by atoms with van der Waals surface area (Å²) in [5.74, 6) is 5.83. The summed E-state index contributed by atoms with van der Waals surface area (Å²) in [7, 11) is 3.06. The average molecular weight is 446 g/mol. The second-order valence-electron chi connectivity index (χ2n) is 7.02. The summed E-state index contributed by atoms with van der Waals surface area (Å²) < 4.78 is 11.0. The first-order valence-corrected chi connectivity index (χ1v) is 9.79. The van der Waals surface area contributed by atoms with Crippen molar-refractivity contribution in [2.45, 2.75) is 12.8 Å². The lowest BCUT2D eigenvalue weighted by Gasteiger charge is -2.13. The number of nitrogens with zero attached hydrogens (tertiary/aromatic N) is 2. The third kappa shape index (κ3) is 5.77. The normalized spacial score (nSPS) is 10.1. The van der Waals surface area contributed by atoms with Crippen LogP contribution in [0.3, 0.4) is 0 Å². The van der Waals surface area contributed by atoms with E-state index in [0.717, 1.165) is 5.56 Å². The van der Waals surface area contributed by atoms with Crippen LogP contribution in [-0.4, -0.2) is 41.0 Å². The van der Waals surface area contributed by atoms with E-state index in [1.54, 1.807) is 30.5 Å². The summed E-state index contributed by atoms with van der Waals surface area (Å²) in [6.07, 6.45) is 1.45. The van der Waals surface area contributed by atoms with Crippen LogP contribution in [0.4, 0.5) is 11.8 Å². The first-order valence-electron chi connectivity index (χ1n) is 9.79. The molecule has 2 aromatic carbocycles. The fraction of sp³-hybridized carbons (Fsp3) is 0.167. The van der Waals surface area contributed by atoms with E-state index in [2.05, 4.69) is 21.8 Å². The molecular formula is C24H22N4O5. The van der Waals surface area contributed by atoms with Gasteiger partial charge in [-0.3, -0.25) is 9.59 Å². The molecular weight excluding hydrogens is 424 g/mol. The number of aliphatic carboxylic acids is 1. The summed E-state index contributed by atoms with van der Waals surface area (Å²) in [6.45, 7) is 0. The third-order valence-electron chi connectivity index (χ3n) is 4.71. The Morgan fingerprint density at radius 3 is 2.39 bits per heavy atom. The largest absolute Gasteiger partial charge is 0.493 e. The molecule has 1 heterocycles. The monoisotopic (exact) mass is 446 g/mol. The molecule has 0 aliphatic carbocycles. The zero-order chi connectivity index (χ0) is 24.0. The van der Waals surface area contributed by atoms with E-state index < -0.39 is 18.2 Å². The fourth-order valence-electron chi connectivity index (χ4n) is 3.13. The summed E-state index contributed by atoms with van der Waals surface area (Å²) in [4.78, 5) is 30.5. The van der Waals surface area contributed by atoms with Gasteiger partial charge in [0.15, 0.2) is 17.3 Å². The molecule has 3 rings (SSSR count). The number of nitrogens with two attached hydrogens (primary N) is 2. The van der Waals surface area contributed by atoms with E-state index in [9.17, 15) is 9.59 Å². The van der Waals surface area contributed by atoms with E-state index in [1.165, 1.54) is 14.2 Å². The van der Waals surface area contributed by atoms with Gasteiger partial charge in [-0.1, -0.05) is 24.0 Å². The molecule has 33 heavy (non-hydrogen) atoms. The Bertz CT molecular complexity index is 1260. The first-order chi connectivity index (χ1) is 15.8. The number of carbonyl (C=O) groups excluding carboxylic acids is 1. The van der Waals surface area contributed by atoms with Crippen LogP contribution in [-0.2, 0) is 11.2 Å². The Balaban J connectivity index is 1.92. The van der Waals surface area contributed by atoms with Gasteiger partial charge in [-0.05, 0) is 29.8 Å². The Morgan fingerprint density at radius 1 is 1.06 bits per heavy atom. The number of carbonyl (C=O) groups is 2. The molecule has 9 nitrogen and oxygen atoms in total. The summed E-state index contributed by atoms with van der Waals surface area (Å²) in [5, 5.41) is 8.76. The van der Waals surface area contributed by atoms with Gasteiger partial charge in [0.25, 0.3) is 0 Å². The summed E-state index contributed by atoms with van der Waals surface area (Å²) >= 11 is 0. The highest BCUT2D eigenvalue weighted by atomic mass is 16.5. The number of hydrogen-bond acceptors (Lipinski definition) is 8. The standard InChI is InChI=1S/C24H22N4O5/c1-32-20-11-15(10-18-13-27-24(26)28-23(18)25)9-17(22(20)33-2)8-5-14-3-6-16(7-4-14)19(29)12-21(30)31/h3-4,6-7,9,11,13H,10,12H2,1-2H3,(H,30,31)(H4,25,26,27,28). The molecule has 1 aromatic heterocycles. The van der Waals surface area contributed by atoms with Gasteiger partial charge >= 0.3 is 5.97 Å². The van der Waals surface area contributed by atoms with Gasteiger partial charge in [-0.25, -0.2) is 4.98 Å². The number of rotatable bonds is 7. The Labute approximate surface area is 190 Å². The van der Waals surface area contributed by atoms with Crippen LogP contribution in [0.15, 0.2) is 42.6 Å². The van der Waals surface area contributed by atoms with Crippen molar-refractivity contribution in [1.82, 2.24) is 9.97 Å².